The smallest absolute Gasteiger partial charge is 0.326 e. The van der Waals surface area contributed by atoms with E-state index in [1.54, 1.807) is 0 Å². The number of hydrogen-bond donors (Lipinski definition) is 3. The number of carbonyl (C=O) groups is 3. The predicted octanol–water partition coefficient (Wildman–Crippen LogP) is 0.261. The maximum atomic E-state index is 11.9. The number of ether oxygens (including phenoxy) is 2. The van der Waals surface area contributed by atoms with Gasteiger partial charge in [0.05, 0.1) is 7.11 Å². The van der Waals surface area contributed by atoms with Gasteiger partial charge in [0.1, 0.15) is 6.04 Å². The zero-order chi connectivity index (χ0) is 15.9. The van der Waals surface area contributed by atoms with Gasteiger partial charge in [-0.1, -0.05) is 0 Å². The lowest BCUT2D eigenvalue weighted by atomic mass is 9.93. The molecule has 0 radical (unpaired) electrons. The molecule has 8 nitrogen and oxygen atoms in total. The first-order valence-electron chi connectivity index (χ1n) is 6.82. The van der Waals surface area contributed by atoms with Crippen molar-refractivity contribution in [2.45, 2.75) is 44.2 Å². The highest BCUT2D eigenvalue weighted by molar-refractivity contribution is 5.83. The van der Waals surface area contributed by atoms with Gasteiger partial charge in [0.2, 0.25) is 0 Å². The minimum absolute atomic E-state index is 0.0186. The lowest BCUT2D eigenvalue weighted by molar-refractivity contribution is -0.142. The molecule has 1 saturated heterocycles. The van der Waals surface area contributed by atoms with Gasteiger partial charge in [-0.2, -0.15) is 0 Å². The average Bonchev–Trinajstić information content (AvgIpc) is 2.42. The number of aliphatic carboxylic acids is 1. The summed E-state index contributed by atoms with van der Waals surface area (Å²) >= 11 is 0. The van der Waals surface area contributed by atoms with E-state index in [0.717, 1.165) is 0 Å². The summed E-state index contributed by atoms with van der Waals surface area (Å²) in [5.74, 6) is -1.70. The molecule has 3 N–H and O–H groups in total. The van der Waals surface area contributed by atoms with Gasteiger partial charge >= 0.3 is 18.0 Å². The van der Waals surface area contributed by atoms with Crippen molar-refractivity contribution in [1.82, 2.24) is 10.6 Å². The fourth-order valence-electron chi connectivity index (χ4n) is 2.04. The fourth-order valence-corrected chi connectivity index (χ4v) is 2.04. The van der Waals surface area contributed by atoms with Crippen molar-refractivity contribution >= 4 is 18.0 Å². The number of carboxylic acids is 1. The topological polar surface area (TPSA) is 114 Å². The van der Waals surface area contributed by atoms with Gasteiger partial charge in [-0.15, -0.1) is 0 Å². The number of nitrogens with one attached hydrogen (secondary N) is 2. The van der Waals surface area contributed by atoms with E-state index in [2.05, 4.69) is 15.4 Å². The third-order valence-electron chi connectivity index (χ3n) is 3.48. The van der Waals surface area contributed by atoms with Crippen LogP contribution in [0, 0.1) is 0 Å². The second kappa shape index (κ2) is 7.82. The van der Waals surface area contributed by atoms with Gasteiger partial charge in [0.15, 0.2) is 0 Å². The summed E-state index contributed by atoms with van der Waals surface area (Å²) in [4.78, 5) is 34.0. The number of carboxylic acid groups (broad SMARTS) is 1. The number of rotatable bonds is 6. The average molecular weight is 302 g/mol. The number of esters is 1. The van der Waals surface area contributed by atoms with Gasteiger partial charge in [0.25, 0.3) is 0 Å². The normalized spacial score (nSPS) is 18.4. The van der Waals surface area contributed by atoms with Crippen LogP contribution < -0.4 is 10.6 Å². The minimum Gasteiger partial charge on any atom is -0.480 e. The van der Waals surface area contributed by atoms with Crippen LogP contribution in [0.15, 0.2) is 0 Å². The van der Waals surface area contributed by atoms with Gasteiger partial charge in [-0.3, -0.25) is 4.79 Å². The molecule has 0 saturated carbocycles. The summed E-state index contributed by atoms with van der Waals surface area (Å²) in [7, 11) is 1.23. The molecule has 120 valence electrons. The molecule has 1 aliphatic rings. The Kier molecular flexibility index (Phi) is 6.41. The summed E-state index contributed by atoms with van der Waals surface area (Å²) in [6.07, 6.45) is 1.24. The van der Waals surface area contributed by atoms with Crippen LogP contribution in [-0.4, -0.2) is 55.0 Å². The lowest BCUT2D eigenvalue weighted by Crippen LogP contribution is -2.55. The predicted molar refractivity (Wildman–Crippen MR) is 72.8 cm³/mol. The minimum atomic E-state index is -1.19. The summed E-state index contributed by atoms with van der Waals surface area (Å²) < 4.78 is 9.67. The Bertz CT molecular complexity index is 392. The molecule has 0 aromatic heterocycles. The van der Waals surface area contributed by atoms with E-state index >= 15 is 0 Å². The van der Waals surface area contributed by atoms with E-state index in [-0.39, 0.29) is 12.8 Å². The molecule has 0 bridgehead atoms. The van der Waals surface area contributed by atoms with Crippen LogP contribution in [0.25, 0.3) is 0 Å². The molecule has 1 aliphatic heterocycles. The second-order valence-corrected chi connectivity index (χ2v) is 5.28. The zero-order valence-corrected chi connectivity index (χ0v) is 12.3. The number of urea groups is 1. The van der Waals surface area contributed by atoms with Crippen molar-refractivity contribution in [3.8, 4) is 0 Å². The van der Waals surface area contributed by atoms with Crippen molar-refractivity contribution in [1.29, 1.82) is 0 Å². The van der Waals surface area contributed by atoms with Crippen molar-refractivity contribution in [3.63, 3.8) is 0 Å². The van der Waals surface area contributed by atoms with Crippen molar-refractivity contribution in [2.24, 2.45) is 0 Å². The second-order valence-electron chi connectivity index (χ2n) is 5.28. The third-order valence-corrected chi connectivity index (χ3v) is 3.48. The van der Waals surface area contributed by atoms with Crippen molar-refractivity contribution in [3.05, 3.63) is 0 Å². The first kappa shape index (κ1) is 17.2. The van der Waals surface area contributed by atoms with E-state index in [0.29, 0.717) is 26.1 Å². The molecule has 0 aromatic carbocycles. The van der Waals surface area contributed by atoms with Crippen LogP contribution in [0.5, 0.6) is 0 Å². The van der Waals surface area contributed by atoms with Gasteiger partial charge in [-0.05, 0) is 26.2 Å². The van der Waals surface area contributed by atoms with Gasteiger partial charge < -0.3 is 25.2 Å². The van der Waals surface area contributed by atoms with Crippen molar-refractivity contribution in [2.75, 3.05) is 20.3 Å². The largest absolute Gasteiger partial charge is 0.480 e. The molecule has 1 heterocycles. The highest BCUT2D eigenvalue weighted by Crippen LogP contribution is 2.19. The molecular formula is C13H22N2O6. The van der Waals surface area contributed by atoms with Crippen LogP contribution in [0.4, 0.5) is 4.79 Å². The fraction of sp³-hybridized carbons (Fsp3) is 0.769. The van der Waals surface area contributed by atoms with E-state index in [9.17, 15) is 14.4 Å². The van der Waals surface area contributed by atoms with E-state index in [1.807, 2.05) is 6.92 Å². The molecule has 1 fully saturated rings. The standard InChI is InChI=1S/C13H22N2O6/c1-13(5-7-21-8-6-13)15-12(19)14-9(11(17)18)3-4-10(16)20-2/h9H,3-8H2,1-2H3,(H,17,18)(H2,14,15,19)/t9-/m0/s1. The Labute approximate surface area is 123 Å². The Morgan fingerprint density at radius 3 is 2.48 bits per heavy atom. The zero-order valence-electron chi connectivity index (χ0n) is 12.3. The van der Waals surface area contributed by atoms with Crippen LogP contribution in [0.2, 0.25) is 0 Å². The molecule has 8 heteroatoms. The molecule has 0 spiro atoms. The number of hydrogen-bond acceptors (Lipinski definition) is 5. The number of carbonyl (C=O) groups excluding carboxylic acids is 2. The van der Waals surface area contributed by atoms with E-state index in [4.69, 9.17) is 9.84 Å². The number of amides is 2. The summed E-state index contributed by atoms with van der Waals surface area (Å²) in [6, 6.07) is -1.69. The highest BCUT2D eigenvalue weighted by atomic mass is 16.5. The lowest BCUT2D eigenvalue weighted by Gasteiger charge is -2.34. The highest BCUT2D eigenvalue weighted by Gasteiger charge is 2.30. The van der Waals surface area contributed by atoms with E-state index < -0.39 is 29.6 Å². The summed E-state index contributed by atoms with van der Waals surface area (Å²) in [5.41, 5.74) is -0.409. The monoisotopic (exact) mass is 302 g/mol. The Morgan fingerprint density at radius 1 is 1.33 bits per heavy atom. The Balaban J connectivity index is 2.48. The first-order chi connectivity index (χ1) is 9.86. The Hall–Kier alpha value is -1.83. The van der Waals surface area contributed by atoms with Crippen molar-refractivity contribution < 1.29 is 29.0 Å². The SMILES string of the molecule is COC(=O)CC[C@H](NC(=O)NC1(C)CCOCC1)C(=O)O. The van der Waals surface area contributed by atoms with Crippen LogP contribution in [0.1, 0.15) is 32.6 Å². The van der Waals surface area contributed by atoms with E-state index in [1.165, 1.54) is 7.11 Å². The molecular weight excluding hydrogens is 280 g/mol. The van der Waals surface area contributed by atoms with Crippen LogP contribution in [-0.2, 0) is 19.1 Å². The summed E-state index contributed by atoms with van der Waals surface area (Å²) in [6.45, 7) is 3.00. The summed E-state index contributed by atoms with van der Waals surface area (Å²) in [5, 5.41) is 14.2. The molecule has 1 atom stereocenters. The molecule has 2 amide bonds. The quantitative estimate of drug-likeness (QED) is 0.606. The third kappa shape index (κ3) is 5.99. The molecule has 1 rings (SSSR count). The molecule has 0 aliphatic carbocycles. The first-order valence-corrected chi connectivity index (χ1v) is 6.82. The van der Waals surface area contributed by atoms with Gasteiger partial charge in [0, 0.05) is 25.2 Å². The Morgan fingerprint density at radius 2 is 1.95 bits per heavy atom. The molecule has 21 heavy (non-hydrogen) atoms. The van der Waals surface area contributed by atoms with Crippen LogP contribution in [0.3, 0.4) is 0 Å². The molecule has 0 unspecified atom stereocenters. The maximum Gasteiger partial charge on any atom is 0.326 e. The molecule has 0 aromatic rings. The maximum absolute atomic E-state index is 11.9. The van der Waals surface area contributed by atoms with Crippen LogP contribution >= 0.6 is 0 Å². The van der Waals surface area contributed by atoms with Gasteiger partial charge in [-0.25, -0.2) is 9.59 Å². The number of methoxy groups -OCH3 is 1.